The summed E-state index contributed by atoms with van der Waals surface area (Å²) in [5.41, 5.74) is 6.81. The van der Waals surface area contributed by atoms with E-state index >= 15 is 0 Å². The first-order chi connectivity index (χ1) is 13.9. The number of imidazole rings is 1. The van der Waals surface area contributed by atoms with Crippen LogP contribution in [0.4, 0.5) is 0 Å². The Bertz CT molecular complexity index is 1170. The van der Waals surface area contributed by atoms with Crippen molar-refractivity contribution in [1.82, 2.24) is 14.9 Å². The molecule has 0 fully saturated rings. The van der Waals surface area contributed by atoms with Crippen molar-refractivity contribution in [1.29, 1.82) is 0 Å². The largest absolute Gasteiger partial charge is 0.478 e. The predicted octanol–water partition coefficient (Wildman–Crippen LogP) is 4.97. The van der Waals surface area contributed by atoms with E-state index in [4.69, 9.17) is 0 Å². The molecule has 4 aromatic rings. The molecule has 0 saturated heterocycles. The smallest absolute Gasteiger partial charge is 0.337 e. The van der Waals surface area contributed by atoms with Crippen LogP contribution in [0.3, 0.4) is 0 Å². The molecule has 1 aromatic heterocycles. The van der Waals surface area contributed by atoms with Gasteiger partial charge in [-0.25, -0.2) is 9.78 Å². The molecule has 3 aromatic carbocycles. The molecule has 1 heterocycles. The van der Waals surface area contributed by atoms with Crippen LogP contribution in [0.15, 0.2) is 60.7 Å². The number of carbonyl (C=O) groups is 1. The van der Waals surface area contributed by atoms with Gasteiger partial charge in [0.25, 0.3) is 0 Å². The molecule has 0 aliphatic carbocycles. The molecule has 0 radical (unpaired) electrons. The van der Waals surface area contributed by atoms with Crippen LogP contribution in [0.1, 0.15) is 21.5 Å². The van der Waals surface area contributed by atoms with Crippen LogP contribution in [-0.4, -0.2) is 40.0 Å². The number of nitrogens with one attached hydrogen (secondary N) is 1. The van der Waals surface area contributed by atoms with Gasteiger partial charge in [-0.1, -0.05) is 48.5 Å². The van der Waals surface area contributed by atoms with Gasteiger partial charge < -0.3 is 15.0 Å². The van der Waals surface area contributed by atoms with Gasteiger partial charge in [-0.2, -0.15) is 0 Å². The number of hydrogen-bond donors (Lipinski definition) is 2. The first-order valence-corrected chi connectivity index (χ1v) is 9.49. The summed E-state index contributed by atoms with van der Waals surface area (Å²) >= 11 is 0. The second-order valence-corrected chi connectivity index (χ2v) is 7.61. The normalized spacial score (nSPS) is 11.3. The molecule has 29 heavy (non-hydrogen) atoms. The number of nitrogens with zero attached hydrogens (tertiary/aromatic N) is 2. The third kappa shape index (κ3) is 3.91. The number of rotatable bonds is 5. The summed E-state index contributed by atoms with van der Waals surface area (Å²) in [5.74, 6) is -0.300. The van der Waals surface area contributed by atoms with Gasteiger partial charge >= 0.3 is 5.97 Å². The maximum atomic E-state index is 11.5. The van der Waals surface area contributed by atoms with Gasteiger partial charge in [0, 0.05) is 12.1 Å². The fourth-order valence-electron chi connectivity index (χ4n) is 3.55. The number of carboxylic acid groups (broad SMARTS) is 1. The Kier molecular flexibility index (Phi) is 4.91. The predicted molar refractivity (Wildman–Crippen MR) is 116 cm³/mol. The Morgan fingerprint density at radius 1 is 0.966 bits per heavy atom. The van der Waals surface area contributed by atoms with E-state index in [-0.39, 0.29) is 5.56 Å². The SMILES string of the molecule is Cc1cc(C(=O)O)c2nc(-c3ccc(-c4ccc(CN(C)C)cc4)cc3)[nH]c2c1. The molecule has 0 unspecified atom stereocenters. The molecule has 0 aliphatic rings. The van der Waals surface area contributed by atoms with E-state index in [1.807, 2.05) is 25.1 Å². The summed E-state index contributed by atoms with van der Waals surface area (Å²) in [7, 11) is 4.12. The quantitative estimate of drug-likeness (QED) is 0.509. The van der Waals surface area contributed by atoms with E-state index in [0.717, 1.165) is 34.3 Å². The number of carboxylic acids is 1. The monoisotopic (exact) mass is 385 g/mol. The molecular weight excluding hydrogens is 362 g/mol. The summed E-state index contributed by atoms with van der Waals surface area (Å²) in [6.45, 7) is 2.80. The number of aryl methyl sites for hydroxylation is 1. The first-order valence-electron chi connectivity index (χ1n) is 9.49. The number of benzene rings is 3. The average Bonchev–Trinajstić information content (AvgIpc) is 3.11. The molecule has 146 valence electrons. The highest BCUT2D eigenvalue weighted by Crippen LogP contribution is 2.27. The van der Waals surface area contributed by atoms with Crippen molar-refractivity contribution in [2.45, 2.75) is 13.5 Å². The maximum absolute atomic E-state index is 11.5. The van der Waals surface area contributed by atoms with Crippen molar-refractivity contribution in [3.63, 3.8) is 0 Å². The summed E-state index contributed by atoms with van der Waals surface area (Å²) < 4.78 is 0. The van der Waals surface area contributed by atoms with Crippen LogP contribution in [0, 0.1) is 6.92 Å². The summed E-state index contributed by atoms with van der Waals surface area (Å²) in [6, 6.07) is 20.3. The molecule has 0 bridgehead atoms. The average molecular weight is 385 g/mol. The number of fused-ring (bicyclic) bond motifs is 1. The van der Waals surface area contributed by atoms with E-state index in [1.54, 1.807) is 6.07 Å². The Labute approximate surface area is 169 Å². The molecule has 0 saturated carbocycles. The van der Waals surface area contributed by atoms with Crippen LogP contribution in [0.2, 0.25) is 0 Å². The number of hydrogen-bond acceptors (Lipinski definition) is 3. The molecular formula is C24H23N3O2. The third-order valence-corrected chi connectivity index (χ3v) is 4.91. The topological polar surface area (TPSA) is 69.2 Å². The number of aromatic carboxylic acids is 1. The minimum absolute atomic E-state index is 0.219. The van der Waals surface area contributed by atoms with Gasteiger partial charge in [0.05, 0.1) is 11.1 Å². The first kappa shape index (κ1) is 18.9. The third-order valence-electron chi connectivity index (χ3n) is 4.91. The summed E-state index contributed by atoms with van der Waals surface area (Å²) in [5, 5.41) is 9.46. The minimum Gasteiger partial charge on any atom is -0.478 e. The van der Waals surface area contributed by atoms with E-state index in [2.05, 4.69) is 65.4 Å². The van der Waals surface area contributed by atoms with Gasteiger partial charge in [-0.3, -0.25) is 0 Å². The van der Waals surface area contributed by atoms with Crippen LogP contribution in [-0.2, 0) is 6.54 Å². The zero-order chi connectivity index (χ0) is 20.5. The Morgan fingerprint density at radius 3 is 2.14 bits per heavy atom. The fourth-order valence-corrected chi connectivity index (χ4v) is 3.55. The zero-order valence-electron chi connectivity index (χ0n) is 16.7. The Hall–Kier alpha value is -3.44. The lowest BCUT2D eigenvalue weighted by molar-refractivity contribution is 0.0698. The lowest BCUT2D eigenvalue weighted by Crippen LogP contribution is -2.10. The molecule has 2 N–H and O–H groups in total. The standard InChI is InChI=1S/C24H23N3O2/c1-15-12-20(24(28)29)22-21(13-15)25-23(26-22)19-10-8-18(9-11-19)17-6-4-16(5-7-17)14-27(2)3/h4-13H,14H2,1-3H3,(H,25,26)(H,28,29). The molecule has 0 amide bonds. The van der Waals surface area contributed by atoms with E-state index in [0.29, 0.717) is 11.3 Å². The van der Waals surface area contributed by atoms with Crippen molar-refractivity contribution in [3.8, 4) is 22.5 Å². The number of aromatic nitrogens is 2. The van der Waals surface area contributed by atoms with Gasteiger partial charge in [-0.05, 0) is 55.4 Å². The summed E-state index contributed by atoms with van der Waals surface area (Å²) in [6.07, 6.45) is 0. The Balaban J connectivity index is 1.64. The lowest BCUT2D eigenvalue weighted by Gasteiger charge is -2.10. The maximum Gasteiger partial charge on any atom is 0.337 e. The highest BCUT2D eigenvalue weighted by molar-refractivity contribution is 6.02. The molecule has 5 nitrogen and oxygen atoms in total. The molecule has 5 heteroatoms. The number of H-pyrrole nitrogens is 1. The molecule has 0 aliphatic heterocycles. The fraction of sp³-hybridized carbons (Fsp3) is 0.167. The molecule has 4 rings (SSSR count). The van der Waals surface area contributed by atoms with Crippen molar-refractivity contribution < 1.29 is 9.90 Å². The van der Waals surface area contributed by atoms with Crippen LogP contribution >= 0.6 is 0 Å². The lowest BCUT2D eigenvalue weighted by atomic mass is 10.0. The van der Waals surface area contributed by atoms with Gasteiger partial charge in [0.1, 0.15) is 11.3 Å². The second kappa shape index (κ2) is 7.53. The second-order valence-electron chi connectivity index (χ2n) is 7.61. The Morgan fingerprint density at radius 2 is 1.55 bits per heavy atom. The van der Waals surface area contributed by atoms with E-state index < -0.39 is 5.97 Å². The van der Waals surface area contributed by atoms with E-state index in [9.17, 15) is 9.90 Å². The van der Waals surface area contributed by atoms with Crippen LogP contribution < -0.4 is 0 Å². The highest BCUT2D eigenvalue weighted by atomic mass is 16.4. The van der Waals surface area contributed by atoms with Gasteiger partial charge in [0.2, 0.25) is 0 Å². The highest BCUT2D eigenvalue weighted by Gasteiger charge is 2.14. The molecule has 0 spiro atoms. The number of aromatic amines is 1. The van der Waals surface area contributed by atoms with E-state index in [1.165, 1.54) is 5.56 Å². The van der Waals surface area contributed by atoms with Gasteiger partial charge in [-0.15, -0.1) is 0 Å². The van der Waals surface area contributed by atoms with Crippen LogP contribution in [0.25, 0.3) is 33.5 Å². The van der Waals surface area contributed by atoms with Crippen LogP contribution in [0.5, 0.6) is 0 Å². The van der Waals surface area contributed by atoms with Crippen molar-refractivity contribution in [2.75, 3.05) is 14.1 Å². The van der Waals surface area contributed by atoms with Crippen molar-refractivity contribution in [3.05, 3.63) is 77.4 Å². The zero-order valence-corrected chi connectivity index (χ0v) is 16.7. The van der Waals surface area contributed by atoms with Crippen molar-refractivity contribution in [2.24, 2.45) is 0 Å². The minimum atomic E-state index is -0.968. The van der Waals surface area contributed by atoms with Gasteiger partial charge in [0.15, 0.2) is 0 Å². The van der Waals surface area contributed by atoms with Crippen molar-refractivity contribution >= 4 is 17.0 Å². The summed E-state index contributed by atoms with van der Waals surface area (Å²) in [4.78, 5) is 21.5. The molecule has 0 atom stereocenters.